The molecule has 0 saturated carbocycles. The van der Waals surface area contributed by atoms with Crippen LogP contribution >= 0.6 is 0 Å². The monoisotopic (exact) mass is 231 g/mol. The molecule has 4 nitrogen and oxygen atoms in total. The van der Waals surface area contributed by atoms with Crippen molar-refractivity contribution in [1.29, 1.82) is 5.26 Å². The number of hydrogen-bond donors (Lipinski definition) is 0. The van der Waals surface area contributed by atoms with Gasteiger partial charge in [0.25, 0.3) is 0 Å². The van der Waals surface area contributed by atoms with Gasteiger partial charge >= 0.3 is 0 Å². The summed E-state index contributed by atoms with van der Waals surface area (Å²) in [6.07, 6.45) is 1.69. The minimum absolute atomic E-state index is 0.0266. The molecule has 0 fully saturated rings. The van der Waals surface area contributed by atoms with E-state index in [1.165, 1.54) is 0 Å². The zero-order valence-corrected chi connectivity index (χ0v) is 10.4. The van der Waals surface area contributed by atoms with Crippen LogP contribution in [0.15, 0.2) is 24.4 Å². The van der Waals surface area contributed by atoms with Gasteiger partial charge in [-0.1, -0.05) is 19.9 Å². The summed E-state index contributed by atoms with van der Waals surface area (Å²) in [6.45, 7) is 4.19. The topological polar surface area (TPSA) is 57.0 Å². The van der Waals surface area contributed by atoms with Crippen LogP contribution in [0.25, 0.3) is 0 Å². The summed E-state index contributed by atoms with van der Waals surface area (Å²) in [7, 11) is 1.70. The van der Waals surface area contributed by atoms with Crippen LogP contribution in [0.5, 0.6) is 0 Å². The molecule has 0 radical (unpaired) electrons. The van der Waals surface area contributed by atoms with Gasteiger partial charge in [0.1, 0.15) is 5.92 Å². The van der Waals surface area contributed by atoms with Gasteiger partial charge in [-0.05, 0) is 18.1 Å². The number of nitrogens with zero attached hydrogens (tertiary/aromatic N) is 3. The van der Waals surface area contributed by atoms with E-state index in [-0.39, 0.29) is 11.8 Å². The molecule has 0 saturated heterocycles. The fourth-order valence-electron chi connectivity index (χ4n) is 1.54. The summed E-state index contributed by atoms with van der Waals surface area (Å²) in [5.74, 6) is -0.699. The molecule has 1 amide bonds. The Bertz CT molecular complexity index is 408. The van der Waals surface area contributed by atoms with Gasteiger partial charge in [-0.3, -0.25) is 9.78 Å². The lowest BCUT2D eigenvalue weighted by Gasteiger charge is -2.21. The van der Waals surface area contributed by atoms with E-state index in [0.717, 1.165) is 5.69 Å². The van der Waals surface area contributed by atoms with Crippen molar-refractivity contribution in [3.8, 4) is 6.07 Å². The highest BCUT2D eigenvalue weighted by molar-refractivity contribution is 5.81. The summed E-state index contributed by atoms with van der Waals surface area (Å²) < 4.78 is 0. The largest absolute Gasteiger partial charge is 0.339 e. The molecule has 17 heavy (non-hydrogen) atoms. The minimum atomic E-state index is -0.580. The van der Waals surface area contributed by atoms with Crippen LogP contribution in [0.4, 0.5) is 0 Å². The van der Waals surface area contributed by atoms with Crippen molar-refractivity contribution in [2.45, 2.75) is 20.4 Å². The second-order valence-corrected chi connectivity index (χ2v) is 4.37. The van der Waals surface area contributed by atoms with Gasteiger partial charge in [0, 0.05) is 13.2 Å². The molecule has 0 aliphatic rings. The molecule has 0 aliphatic carbocycles. The van der Waals surface area contributed by atoms with E-state index in [2.05, 4.69) is 11.1 Å². The Morgan fingerprint density at radius 3 is 2.71 bits per heavy atom. The third-order valence-corrected chi connectivity index (χ3v) is 2.57. The van der Waals surface area contributed by atoms with Gasteiger partial charge < -0.3 is 4.90 Å². The summed E-state index contributed by atoms with van der Waals surface area (Å²) >= 11 is 0. The zero-order valence-electron chi connectivity index (χ0n) is 10.4. The van der Waals surface area contributed by atoms with Crippen LogP contribution in [0, 0.1) is 23.2 Å². The predicted molar refractivity (Wildman–Crippen MR) is 64.7 cm³/mol. The molecule has 1 heterocycles. The predicted octanol–water partition coefficient (Wildman–Crippen LogP) is 1.84. The van der Waals surface area contributed by atoms with Crippen LogP contribution in [0.1, 0.15) is 19.5 Å². The number of amides is 1. The Balaban J connectivity index is 2.68. The average Bonchev–Trinajstić information content (AvgIpc) is 2.30. The molecular formula is C13H17N3O. The molecule has 4 heteroatoms. The highest BCUT2D eigenvalue weighted by Crippen LogP contribution is 2.13. The van der Waals surface area contributed by atoms with E-state index in [4.69, 9.17) is 5.26 Å². The van der Waals surface area contributed by atoms with E-state index >= 15 is 0 Å². The van der Waals surface area contributed by atoms with Gasteiger partial charge in [0.15, 0.2) is 0 Å². The molecule has 1 unspecified atom stereocenters. The first-order valence-corrected chi connectivity index (χ1v) is 5.60. The number of rotatable bonds is 4. The number of pyridine rings is 1. The smallest absolute Gasteiger partial charge is 0.240 e. The standard InChI is InChI=1S/C13H17N3O/c1-10(2)12(8-14)13(17)16(3)9-11-6-4-5-7-15-11/h4-7,10,12H,9H2,1-3H3. The van der Waals surface area contributed by atoms with Gasteiger partial charge in [0.2, 0.25) is 5.91 Å². The van der Waals surface area contributed by atoms with Crippen LogP contribution in [0.2, 0.25) is 0 Å². The SMILES string of the molecule is CC(C)C(C#N)C(=O)N(C)Cc1ccccn1. The normalized spacial score (nSPS) is 11.9. The minimum Gasteiger partial charge on any atom is -0.339 e. The highest BCUT2D eigenvalue weighted by atomic mass is 16.2. The van der Waals surface area contributed by atoms with Crippen LogP contribution in [0.3, 0.4) is 0 Å². The second-order valence-electron chi connectivity index (χ2n) is 4.37. The summed E-state index contributed by atoms with van der Waals surface area (Å²) in [4.78, 5) is 17.7. The third kappa shape index (κ3) is 3.56. The molecule has 1 aromatic heterocycles. The van der Waals surface area contributed by atoms with Gasteiger partial charge in [-0.2, -0.15) is 5.26 Å². The second kappa shape index (κ2) is 6.00. The maximum absolute atomic E-state index is 12.0. The van der Waals surface area contributed by atoms with Gasteiger partial charge in [-0.25, -0.2) is 0 Å². The summed E-state index contributed by atoms with van der Waals surface area (Å²) in [5.41, 5.74) is 0.823. The van der Waals surface area contributed by atoms with Crippen molar-refractivity contribution in [2.75, 3.05) is 7.05 Å². The fraction of sp³-hybridized carbons (Fsp3) is 0.462. The van der Waals surface area contributed by atoms with E-state index in [0.29, 0.717) is 6.54 Å². The number of hydrogen-bond acceptors (Lipinski definition) is 3. The van der Waals surface area contributed by atoms with E-state index in [1.807, 2.05) is 32.0 Å². The molecule has 0 bridgehead atoms. The van der Waals surface area contributed by atoms with Gasteiger partial charge in [-0.15, -0.1) is 0 Å². The fourth-order valence-corrected chi connectivity index (χ4v) is 1.54. The molecule has 90 valence electrons. The van der Waals surface area contributed by atoms with Crippen LogP contribution in [-0.2, 0) is 11.3 Å². The molecular weight excluding hydrogens is 214 g/mol. The first-order chi connectivity index (χ1) is 8.06. The molecule has 1 rings (SSSR count). The average molecular weight is 231 g/mol. The van der Waals surface area contributed by atoms with Crippen molar-refractivity contribution < 1.29 is 4.79 Å². The summed E-state index contributed by atoms with van der Waals surface area (Å²) in [5, 5.41) is 8.97. The van der Waals surface area contributed by atoms with Crippen molar-refractivity contribution in [3.63, 3.8) is 0 Å². The van der Waals surface area contributed by atoms with Crippen LogP contribution in [-0.4, -0.2) is 22.8 Å². The molecule has 1 atom stereocenters. The maximum atomic E-state index is 12.0. The Labute approximate surface area is 102 Å². The number of carbonyl (C=O) groups excluding carboxylic acids is 1. The first-order valence-electron chi connectivity index (χ1n) is 5.60. The van der Waals surface area contributed by atoms with Gasteiger partial charge in [0.05, 0.1) is 18.3 Å². The lowest BCUT2D eigenvalue weighted by molar-refractivity contribution is -0.134. The summed E-state index contributed by atoms with van der Waals surface area (Å²) in [6, 6.07) is 7.63. The van der Waals surface area contributed by atoms with Crippen molar-refractivity contribution in [2.24, 2.45) is 11.8 Å². The van der Waals surface area contributed by atoms with Crippen molar-refractivity contribution in [3.05, 3.63) is 30.1 Å². The van der Waals surface area contributed by atoms with Crippen LogP contribution < -0.4 is 0 Å². The van der Waals surface area contributed by atoms with Crippen molar-refractivity contribution in [1.82, 2.24) is 9.88 Å². The van der Waals surface area contributed by atoms with Crippen molar-refractivity contribution >= 4 is 5.91 Å². The molecule has 1 aromatic rings. The maximum Gasteiger partial charge on any atom is 0.240 e. The first kappa shape index (κ1) is 13.2. The molecule has 0 spiro atoms. The van der Waals surface area contributed by atoms with E-state index in [1.54, 1.807) is 18.1 Å². The lowest BCUT2D eigenvalue weighted by atomic mass is 9.96. The Morgan fingerprint density at radius 1 is 1.53 bits per heavy atom. The molecule has 0 aliphatic heterocycles. The zero-order chi connectivity index (χ0) is 12.8. The number of nitriles is 1. The molecule has 0 N–H and O–H groups in total. The molecule has 0 aromatic carbocycles. The van der Waals surface area contributed by atoms with E-state index < -0.39 is 5.92 Å². The third-order valence-electron chi connectivity index (χ3n) is 2.57. The quantitative estimate of drug-likeness (QED) is 0.794. The number of carbonyl (C=O) groups is 1. The Hall–Kier alpha value is -1.89. The highest BCUT2D eigenvalue weighted by Gasteiger charge is 2.24. The van der Waals surface area contributed by atoms with E-state index in [9.17, 15) is 4.79 Å². The lowest BCUT2D eigenvalue weighted by Crippen LogP contribution is -2.34. The Kier molecular flexibility index (Phi) is 4.65. The Morgan fingerprint density at radius 2 is 2.24 bits per heavy atom. The number of aromatic nitrogens is 1.